The first kappa shape index (κ1) is 8.82. The van der Waals surface area contributed by atoms with Crippen LogP contribution in [0.5, 0.6) is 0 Å². The Kier molecular flexibility index (Phi) is 2.50. The van der Waals surface area contributed by atoms with E-state index < -0.39 is 0 Å². The van der Waals surface area contributed by atoms with Gasteiger partial charge in [-0.05, 0) is 29.7 Å². The summed E-state index contributed by atoms with van der Waals surface area (Å²) in [5.41, 5.74) is 9.07. The molecule has 0 aliphatic heterocycles. The fourth-order valence-electron chi connectivity index (χ4n) is 1.47. The summed E-state index contributed by atoms with van der Waals surface area (Å²) in [4.78, 5) is 0. The molecule has 0 radical (unpaired) electrons. The molecular formula is C13H15N. The maximum absolute atomic E-state index is 5.62. The third-order valence-electron chi connectivity index (χ3n) is 2.23. The van der Waals surface area contributed by atoms with Crippen LogP contribution in [-0.4, -0.2) is 0 Å². The van der Waals surface area contributed by atoms with Crippen LogP contribution in [0, 0.1) is 0 Å². The number of benzene rings is 2. The van der Waals surface area contributed by atoms with Gasteiger partial charge in [0.15, 0.2) is 0 Å². The van der Waals surface area contributed by atoms with Gasteiger partial charge >= 0.3 is 0 Å². The topological polar surface area (TPSA) is 26.0 Å². The number of anilines is 1. The first-order valence-electron chi connectivity index (χ1n) is 4.73. The zero-order valence-corrected chi connectivity index (χ0v) is 7.98. The molecule has 0 aromatic heterocycles. The molecule has 1 nitrogen and oxygen atoms in total. The third kappa shape index (κ3) is 2.13. The summed E-state index contributed by atoms with van der Waals surface area (Å²) in [5, 5.41) is 0. The van der Waals surface area contributed by atoms with Crippen LogP contribution in [0.25, 0.3) is 0 Å². The minimum absolute atomic E-state index is 0. The molecule has 14 heavy (non-hydrogen) atoms. The van der Waals surface area contributed by atoms with Crippen molar-refractivity contribution in [3.8, 4) is 0 Å². The highest BCUT2D eigenvalue weighted by Gasteiger charge is 1.94. The van der Waals surface area contributed by atoms with Crippen molar-refractivity contribution in [1.82, 2.24) is 0 Å². The van der Waals surface area contributed by atoms with Gasteiger partial charge in [-0.3, -0.25) is 0 Å². The third-order valence-corrected chi connectivity index (χ3v) is 2.23. The molecule has 0 amide bonds. The second-order valence-electron chi connectivity index (χ2n) is 3.40. The van der Waals surface area contributed by atoms with Gasteiger partial charge in [-0.1, -0.05) is 42.5 Å². The molecule has 0 saturated heterocycles. The molecule has 1 heteroatoms. The molecule has 2 N–H and O–H groups in total. The normalized spacial score (nSPS) is 10.0. The van der Waals surface area contributed by atoms with E-state index in [1.165, 1.54) is 11.1 Å². The second kappa shape index (κ2) is 3.97. The molecule has 2 aromatic carbocycles. The monoisotopic (exact) mass is 185 g/mol. The largest absolute Gasteiger partial charge is 0.399 e. The minimum Gasteiger partial charge on any atom is -0.399 e. The first-order valence-corrected chi connectivity index (χ1v) is 4.73. The van der Waals surface area contributed by atoms with Gasteiger partial charge in [-0.25, -0.2) is 0 Å². The Morgan fingerprint density at radius 1 is 0.786 bits per heavy atom. The van der Waals surface area contributed by atoms with E-state index in [1.54, 1.807) is 0 Å². The van der Waals surface area contributed by atoms with E-state index in [4.69, 9.17) is 5.73 Å². The van der Waals surface area contributed by atoms with Gasteiger partial charge in [-0.15, -0.1) is 0 Å². The summed E-state index contributed by atoms with van der Waals surface area (Å²) in [7, 11) is 0. The van der Waals surface area contributed by atoms with Crippen molar-refractivity contribution < 1.29 is 1.43 Å². The van der Waals surface area contributed by atoms with Gasteiger partial charge < -0.3 is 5.73 Å². The number of rotatable bonds is 2. The van der Waals surface area contributed by atoms with Crippen LogP contribution in [0.2, 0.25) is 0 Å². The summed E-state index contributed by atoms with van der Waals surface area (Å²) >= 11 is 0. The van der Waals surface area contributed by atoms with E-state index in [0.717, 1.165) is 12.1 Å². The number of hydrogen-bond acceptors (Lipinski definition) is 1. The fraction of sp³-hybridized carbons (Fsp3) is 0.0769. The van der Waals surface area contributed by atoms with Gasteiger partial charge in [0, 0.05) is 7.11 Å². The Hall–Kier alpha value is -1.76. The SMILES string of the molecule is Nc1ccc(Cc2ccccc2)cc1.[HH]. The lowest BCUT2D eigenvalue weighted by Crippen LogP contribution is -1.89. The van der Waals surface area contributed by atoms with Crippen LogP contribution in [0.4, 0.5) is 5.69 Å². The Morgan fingerprint density at radius 2 is 1.36 bits per heavy atom. The molecule has 0 aliphatic rings. The molecular weight excluding hydrogens is 170 g/mol. The average Bonchev–Trinajstić information content (AvgIpc) is 2.23. The number of nitrogens with two attached hydrogens (primary N) is 1. The van der Waals surface area contributed by atoms with Gasteiger partial charge in [0.25, 0.3) is 0 Å². The van der Waals surface area contributed by atoms with Crippen LogP contribution in [0.3, 0.4) is 0 Å². The van der Waals surface area contributed by atoms with E-state index in [0.29, 0.717) is 0 Å². The zero-order chi connectivity index (χ0) is 9.80. The van der Waals surface area contributed by atoms with Crippen molar-refractivity contribution in [2.24, 2.45) is 0 Å². The number of hydrogen-bond donors (Lipinski definition) is 1. The van der Waals surface area contributed by atoms with E-state index >= 15 is 0 Å². The van der Waals surface area contributed by atoms with Gasteiger partial charge in [0.1, 0.15) is 0 Å². The summed E-state index contributed by atoms with van der Waals surface area (Å²) in [6, 6.07) is 18.5. The predicted molar refractivity (Wildman–Crippen MR) is 62.2 cm³/mol. The van der Waals surface area contributed by atoms with E-state index in [-0.39, 0.29) is 1.43 Å². The maximum atomic E-state index is 5.62. The van der Waals surface area contributed by atoms with Crippen molar-refractivity contribution in [2.45, 2.75) is 6.42 Å². The summed E-state index contributed by atoms with van der Waals surface area (Å²) in [5.74, 6) is 0. The highest BCUT2D eigenvalue weighted by atomic mass is 14.5. The smallest absolute Gasteiger partial charge is 0.0314 e. The summed E-state index contributed by atoms with van der Waals surface area (Å²) in [6.45, 7) is 0. The van der Waals surface area contributed by atoms with Crippen LogP contribution in [0.15, 0.2) is 54.6 Å². The quantitative estimate of drug-likeness (QED) is 0.715. The van der Waals surface area contributed by atoms with E-state index in [9.17, 15) is 0 Å². The van der Waals surface area contributed by atoms with E-state index in [1.807, 2.05) is 18.2 Å². The highest BCUT2D eigenvalue weighted by molar-refractivity contribution is 5.40. The molecule has 2 rings (SSSR count). The second-order valence-corrected chi connectivity index (χ2v) is 3.40. The highest BCUT2D eigenvalue weighted by Crippen LogP contribution is 2.10. The molecule has 0 bridgehead atoms. The molecule has 0 heterocycles. The molecule has 0 aliphatic carbocycles. The van der Waals surface area contributed by atoms with Crippen molar-refractivity contribution in [3.63, 3.8) is 0 Å². The van der Waals surface area contributed by atoms with Crippen LogP contribution in [0.1, 0.15) is 12.6 Å². The van der Waals surface area contributed by atoms with Crippen LogP contribution in [-0.2, 0) is 6.42 Å². The summed E-state index contributed by atoms with van der Waals surface area (Å²) in [6.07, 6.45) is 0.973. The van der Waals surface area contributed by atoms with Gasteiger partial charge in [-0.2, -0.15) is 0 Å². The molecule has 72 valence electrons. The Morgan fingerprint density at radius 3 is 2.00 bits per heavy atom. The average molecular weight is 185 g/mol. The van der Waals surface area contributed by atoms with Crippen molar-refractivity contribution in [1.29, 1.82) is 0 Å². The first-order chi connectivity index (χ1) is 6.84. The Bertz CT molecular complexity index is 395. The van der Waals surface area contributed by atoms with Gasteiger partial charge in [0.2, 0.25) is 0 Å². The molecule has 0 fully saturated rings. The molecule has 0 spiro atoms. The maximum Gasteiger partial charge on any atom is 0.0314 e. The van der Waals surface area contributed by atoms with E-state index in [2.05, 4.69) is 36.4 Å². The van der Waals surface area contributed by atoms with Gasteiger partial charge in [0.05, 0.1) is 0 Å². The molecule has 0 unspecified atom stereocenters. The number of nitrogen functional groups attached to an aromatic ring is 1. The molecule has 0 atom stereocenters. The Balaban J connectivity index is 0.00000112. The van der Waals surface area contributed by atoms with Crippen molar-refractivity contribution >= 4 is 5.69 Å². The minimum atomic E-state index is 0. The zero-order valence-electron chi connectivity index (χ0n) is 7.98. The van der Waals surface area contributed by atoms with Crippen LogP contribution >= 0.6 is 0 Å². The standard InChI is InChI=1S/C13H13N.H2/c14-13-8-6-12(7-9-13)10-11-4-2-1-3-5-11;/h1-9H,10,14H2;1H. The Labute approximate surface area is 85.7 Å². The lowest BCUT2D eigenvalue weighted by atomic mass is 10.1. The summed E-state index contributed by atoms with van der Waals surface area (Å²) < 4.78 is 0. The lowest BCUT2D eigenvalue weighted by Gasteiger charge is -2.01. The van der Waals surface area contributed by atoms with Crippen molar-refractivity contribution in [2.75, 3.05) is 5.73 Å². The molecule has 2 aromatic rings. The van der Waals surface area contributed by atoms with Crippen LogP contribution < -0.4 is 5.73 Å². The van der Waals surface area contributed by atoms with Crippen molar-refractivity contribution in [3.05, 3.63) is 65.7 Å². The predicted octanol–water partition coefficient (Wildman–Crippen LogP) is 3.11. The molecule has 0 saturated carbocycles. The fourth-order valence-corrected chi connectivity index (χ4v) is 1.47. The lowest BCUT2D eigenvalue weighted by molar-refractivity contribution is 1.19.